The van der Waals surface area contributed by atoms with E-state index in [1.54, 1.807) is 0 Å². The fraction of sp³-hybridized carbons (Fsp3) is 1.00. The standard InChI is InChI=1S/C10H23NS/c1-6-11-10(8(2)3)7-12-9(4)5/h8-11H,6-7H2,1-5H3. The minimum Gasteiger partial charge on any atom is -0.313 e. The van der Waals surface area contributed by atoms with Crippen molar-refractivity contribution in [2.45, 2.75) is 45.9 Å². The van der Waals surface area contributed by atoms with Crippen molar-refractivity contribution in [3.05, 3.63) is 0 Å². The Hall–Kier alpha value is 0.310. The minimum atomic E-state index is 0.683. The van der Waals surface area contributed by atoms with Crippen LogP contribution in [0.3, 0.4) is 0 Å². The Morgan fingerprint density at radius 2 is 1.75 bits per heavy atom. The highest BCUT2D eigenvalue weighted by atomic mass is 32.2. The number of hydrogen-bond donors (Lipinski definition) is 1. The average molecular weight is 189 g/mol. The van der Waals surface area contributed by atoms with Crippen LogP contribution in [0, 0.1) is 5.92 Å². The van der Waals surface area contributed by atoms with Gasteiger partial charge in [-0.3, -0.25) is 0 Å². The Morgan fingerprint density at radius 3 is 2.08 bits per heavy atom. The van der Waals surface area contributed by atoms with Gasteiger partial charge in [-0.1, -0.05) is 34.6 Å². The third kappa shape index (κ3) is 5.90. The Morgan fingerprint density at radius 1 is 1.17 bits per heavy atom. The van der Waals surface area contributed by atoms with Crippen molar-refractivity contribution in [2.24, 2.45) is 5.92 Å². The van der Waals surface area contributed by atoms with Crippen LogP contribution >= 0.6 is 11.8 Å². The molecule has 0 saturated heterocycles. The lowest BCUT2D eigenvalue weighted by Crippen LogP contribution is -2.36. The van der Waals surface area contributed by atoms with Crippen molar-refractivity contribution in [1.29, 1.82) is 0 Å². The molecule has 0 aromatic rings. The SMILES string of the molecule is CCNC(CSC(C)C)C(C)C. The topological polar surface area (TPSA) is 12.0 Å². The van der Waals surface area contributed by atoms with Crippen molar-refractivity contribution in [3.8, 4) is 0 Å². The number of hydrogen-bond acceptors (Lipinski definition) is 2. The van der Waals surface area contributed by atoms with Gasteiger partial charge < -0.3 is 5.32 Å². The Labute approximate surface area is 81.7 Å². The molecular formula is C10H23NS. The maximum absolute atomic E-state index is 3.52. The van der Waals surface area contributed by atoms with Gasteiger partial charge in [0, 0.05) is 11.8 Å². The van der Waals surface area contributed by atoms with Gasteiger partial charge >= 0.3 is 0 Å². The highest BCUT2D eigenvalue weighted by molar-refractivity contribution is 7.99. The van der Waals surface area contributed by atoms with E-state index in [2.05, 4.69) is 39.9 Å². The fourth-order valence-corrected chi connectivity index (χ4v) is 2.14. The van der Waals surface area contributed by atoms with Crippen LogP contribution in [0.4, 0.5) is 0 Å². The fourth-order valence-electron chi connectivity index (χ4n) is 1.05. The Kier molecular flexibility index (Phi) is 6.96. The summed E-state index contributed by atoms with van der Waals surface area (Å²) in [5.74, 6) is 1.99. The molecule has 0 aliphatic carbocycles. The van der Waals surface area contributed by atoms with E-state index in [9.17, 15) is 0 Å². The van der Waals surface area contributed by atoms with E-state index in [0.29, 0.717) is 6.04 Å². The van der Waals surface area contributed by atoms with Crippen molar-refractivity contribution < 1.29 is 0 Å². The molecule has 0 aliphatic rings. The normalized spacial score (nSPS) is 14.2. The first kappa shape index (κ1) is 12.3. The molecule has 0 saturated carbocycles. The molecule has 0 bridgehead atoms. The number of nitrogens with one attached hydrogen (secondary N) is 1. The second-order valence-corrected chi connectivity index (χ2v) is 5.40. The first-order valence-electron chi connectivity index (χ1n) is 4.92. The highest BCUT2D eigenvalue weighted by Gasteiger charge is 2.11. The lowest BCUT2D eigenvalue weighted by atomic mass is 10.1. The highest BCUT2D eigenvalue weighted by Crippen LogP contribution is 2.14. The summed E-state index contributed by atoms with van der Waals surface area (Å²) in [4.78, 5) is 0. The molecule has 1 nitrogen and oxygen atoms in total. The molecule has 0 aromatic heterocycles. The first-order chi connectivity index (χ1) is 5.57. The summed E-state index contributed by atoms with van der Waals surface area (Å²) < 4.78 is 0. The quantitative estimate of drug-likeness (QED) is 0.689. The van der Waals surface area contributed by atoms with Gasteiger partial charge in [0.15, 0.2) is 0 Å². The third-order valence-electron chi connectivity index (χ3n) is 1.88. The zero-order valence-corrected chi connectivity index (χ0v) is 9.87. The van der Waals surface area contributed by atoms with Crippen molar-refractivity contribution >= 4 is 11.8 Å². The molecule has 1 atom stereocenters. The second kappa shape index (κ2) is 6.79. The molecule has 2 heteroatoms. The summed E-state index contributed by atoms with van der Waals surface area (Å²) in [5, 5.41) is 4.27. The van der Waals surface area contributed by atoms with E-state index >= 15 is 0 Å². The summed E-state index contributed by atoms with van der Waals surface area (Å²) in [5.41, 5.74) is 0. The maximum Gasteiger partial charge on any atom is 0.0181 e. The van der Waals surface area contributed by atoms with Crippen LogP contribution in [0.25, 0.3) is 0 Å². The largest absolute Gasteiger partial charge is 0.313 e. The number of rotatable bonds is 6. The van der Waals surface area contributed by atoms with Crippen LogP contribution in [0.15, 0.2) is 0 Å². The van der Waals surface area contributed by atoms with Gasteiger partial charge in [-0.25, -0.2) is 0 Å². The van der Waals surface area contributed by atoms with E-state index in [1.807, 2.05) is 11.8 Å². The van der Waals surface area contributed by atoms with Crippen molar-refractivity contribution in [1.82, 2.24) is 5.32 Å². The molecule has 12 heavy (non-hydrogen) atoms. The van der Waals surface area contributed by atoms with Crippen LogP contribution < -0.4 is 5.32 Å². The Balaban J connectivity index is 3.63. The van der Waals surface area contributed by atoms with E-state index in [1.165, 1.54) is 5.75 Å². The maximum atomic E-state index is 3.52. The molecule has 0 rings (SSSR count). The van der Waals surface area contributed by atoms with Gasteiger partial charge in [0.1, 0.15) is 0 Å². The van der Waals surface area contributed by atoms with E-state index in [-0.39, 0.29) is 0 Å². The lowest BCUT2D eigenvalue weighted by molar-refractivity contribution is 0.443. The van der Waals surface area contributed by atoms with Crippen LogP contribution in [-0.2, 0) is 0 Å². The average Bonchev–Trinajstić information content (AvgIpc) is 1.96. The molecule has 1 N–H and O–H groups in total. The monoisotopic (exact) mass is 189 g/mol. The molecule has 0 amide bonds. The van der Waals surface area contributed by atoms with E-state index < -0.39 is 0 Å². The summed E-state index contributed by atoms with van der Waals surface area (Å²) in [6, 6.07) is 0.683. The molecule has 0 radical (unpaired) electrons. The van der Waals surface area contributed by atoms with E-state index in [0.717, 1.165) is 17.7 Å². The molecule has 74 valence electrons. The zero-order valence-electron chi connectivity index (χ0n) is 9.05. The Bertz CT molecular complexity index is 102. The summed E-state index contributed by atoms with van der Waals surface area (Å²) >= 11 is 2.05. The van der Waals surface area contributed by atoms with Gasteiger partial charge in [0.05, 0.1) is 0 Å². The van der Waals surface area contributed by atoms with Crippen molar-refractivity contribution in [2.75, 3.05) is 12.3 Å². The van der Waals surface area contributed by atoms with E-state index in [4.69, 9.17) is 0 Å². The van der Waals surface area contributed by atoms with Gasteiger partial charge in [-0.05, 0) is 17.7 Å². The van der Waals surface area contributed by atoms with Crippen LogP contribution in [-0.4, -0.2) is 23.6 Å². The van der Waals surface area contributed by atoms with Gasteiger partial charge in [-0.15, -0.1) is 0 Å². The lowest BCUT2D eigenvalue weighted by Gasteiger charge is -2.22. The smallest absolute Gasteiger partial charge is 0.0181 e. The molecule has 0 aliphatic heterocycles. The molecule has 1 unspecified atom stereocenters. The predicted molar refractivity (Wildman–Crippen MR) is 59.9 cm³/mol. The van der Waals surface area contributed by atoms with Gasteiger partial charge in [0.2, 0.25) is 0 Å². The van der Waals surface area contributed by atoms with Gasteiger partial charge in [-0.2, -0.15) is 11.8 Å². The predicted octanol–water partition coefficient (Wildman–Crippen LogP) is 2.76. The van der Waals surface area contributed by atoms with Crippen molar-refractivity contribution in [3.63, 3.8) is 0 Å². The third-order valence-corrected chi connectivity index (χ3v) is 3.10. The molecular weight excluding hydrogens is 166 g/mol. The first-order valence-corrected chi connectivity index (χ1v) is 5.97. The summed E-state index contributed by atoms with van der Waals surface area (Å²) in [7, 11) is 0. The molecule has 0 fully saturated rings. The molecule has 0 spiro atoms. The molecule has 0 heterocycles. The van der Waals surface area contributed by atoms with Crippen LogP contribution in [0.1, 0.15) is 34.6 Å². The zero-order chi connectivity index (χ0) is 9.56. The van der Waals surface area contributed by atoms with Crippen LogP contribution in [0.2, 0.25) is 0 Å². The summed E-state index contributed by atoms with van der Waals surface area (Å²) in [6.45, 7) is 12.3. The molecule has 0 aromatic carbocycles. The summed E-state index contributed by atoms with van der Waals surface area (Å²) in [6.07, 6.45) is 0. The second-order valence-electron chi connectivity index (χ2n) is 3.79. The van der Waals surface area contributed by atoms with Crippen LogP contribution in [0.5, 0.6) is 0 Å². The minimum absolute atomic E-state index is 0.683. The number of thioether (sulfide) groups is 1. The van der Waals surface area contributed by atoms with Gasteiger partial charge in [0.25, 0.3) is 0 Å².